The summed E-state index contributed by atoms with van der Waals surface area (Å²) < 4.78 is 34.3. The number of methoxy groups -OCH3 is 1. The monoisotopic (exact) mass is 354 g/mol. The summed E-state index contributed by atoms with van der Waals surface area (Å²) in [7, 11) is -1.70. The first-order chi connectivity index (χ1) is 11.6. The van der Waals surface area contributed by atoms with Crippen LogP contribution in [-0.4, -0.2) is 75.0 Å². The normalized spacial score (nSPS) is 24.2. The quantitative estimate of drug-likeness (QED) is 0.783. The first-order valence-electron chi connectivity index (χ1n) is 8.50. The van der Waals surface area contributed by atoms with Crippen molar-refractivity contribution in [1.82, 2.24) is 13.6 Å². The van der Waals surface area contributed by atoms with Gasteiger partial charge in [-0.25, -0.2) is 0 Å². The molecule has 2 aliphatic rings. The van der Waals surface area contributed by atoms with Gasteiger partial charge in [0.1, 0.15) is 0 Å². The topological polar surface area (TPSA) is 66.0 Å². The molecule has 1 unspecified atom stereocenters. The summed E-state index contributed by atoms with van der Waals surface area (Å²) >= 11 is 0. The van der Waals surface area contributed by atoms with Gasteiger partial charge in [-0.2, -0.15) is 17.0 Å². The van der Waals surface area contributed by atoms with Gasteiger partial charge in [-0.1, -0.05) is 0 Å². The maximum absolute atomic E-state index is 12.9. The number of aromatic nitrogens is 1. The second kappa shape index (κ2) is 7.77. The van der Waals surface area contributed by atoms with Gasteiger partial charge < -0.3 is 9.64 Å². The van der Waals surface area contributed by atoms with Crippen molar-refractivity contribution in [2.45, 2.75) is 12.8 Å². The predicted octanol–water partition coefficient (Wildman–Crippen LogP) is 0.807. The molecule has 0 aromatic carbocycles. The van der Waals surface area contributed by atoms with E-state index in [0.717, 1.165) is 18.5 Å². The summed E-state index contributed by atoms with van der Waals surface area (Å²) in [4.78, 5) is 6.23. The van der Waals surface area contributed by atoms with Crippen LogP contribution in [0.15, 0.2) is 24.5 Å². The molecule has 8 heteroatoms. The largest absolute Gasteiger partial charge is 0.384 e. The van der Waals surface area contributed by atoms with Gasteiger partial charge in [0, 0.05) is 64.5 Å². The highest BCUT2D eigenvalue weighted by atomic mass is 32.2. The smallest absolute Gasteiger partial charge is 0.282 e. The molecular weight excluding hydrogens is 328 g/mol. The number of nitrogens with zero attached hydrogens (tertiary/aromatic N) is 4. The molecule has 1 aromatic heterocycles. The number of piperidine rings is 1. The lowest BCUT2D eigenvalue weighted by atomic mass is 10.0. The molecule has 134 valence electrons. The third-order valence-corrected chi connectivity index (χ3v) is 6.81. The fraction of sp³-hybridized carbons (Fsp3) is 0.688. The molecule has 1 aromatic rings. The van der Waals surface area contributed by atoms with Crippen LogP contribution in [0, 0.1) is 5.92 Å². The Balaban J connectivity index is 1.60. The van der Waals surface area contributed by atoms with Crippen LogP contribution in [0.2, 0.25) is 0 Å². The number of pyridine rings is 1. The highest BCUT2D eigenvalue weighted by molar-refractivity contribution is 7.86. The van der Waals surface area contributed by atoms with Crippen molar-refractivity contribution in [2.24, 2.45) is 5.92 Å². The molecule has 2 saturated heterocycles. The van der Waals surface area contributed by atoms with E-state index in [1.807, 2.05) is 12.1 Å². The fourth-order valence-electron chi connectivity index (χ4n) is 3.50. The maximum atomic E-state index is 12.9. The Morgan fingerprint density at radius 1 is 1.12 bits per heavy atom. The summed E-state index contributed by atoms with van der Waals surface area (Å²) in [5, 5.41) is 0. The van der Waals surface area contributed by atoms with E-state index in [1.165, 1.54) is 0 Å². The Bertz CT molecular complexity index is 615. The number of piperazine rings is 1. The maximum Gasteiger partial charge on any atom is 0.282 e. The minimum atomic E-state index is -3.37. The molecule has 7 nitrogen and oxygen atoms in total. The van der Waals surface area contributed by atoms with Crippen molar-refractivity contribution in [3.63, 3.8) is 0 Å². The van der Waals surface area contributed by atoms with Gasteiger partial charge in [-0.05, 0) is 30.9 Å². The molecule has 2 aliphatic heterocycles. The molecule has 3 heterocycles. The average molecular weight is 354 g/mol. The first-order valence-corrected chi connectivity index (χ1v) is 9.90. The van der Waals surface area contributed by atoms with E-state index < -0.39 is 10.2 Å². The van der Waals surface area contributed by atoms with Crippen molar-refractivity contribution in [1.29, 1.82) is 0 Å². The summed E-state index contributed by atoms with van der Waals surface area (Å²) in [5.74, 6) is 0.302. The molecule has 1 atom stereocenters. The van der Waals surface area contributed by atoms with E-state index in [-0.39, 0.29) is 0 Å². The van der Waals surface area contributed by atoms with Crippen LogP contribution in [0.1, 0.15) is 12.8 Å². The SMILES string of the molecule is COCC1CCCN(S(=O)(=O)N2CCN(c3ccncc3)CC2)C1. The van der Waals surface area contributed by atoms with Gasteiger partial charge in [0.05, 0.1) is 6.61 Å². The van der Waals surface area contributed by atoms with Gasteiger partial charge in [0.2, 0.25) is 0 Å². The Hall–Kier alpha value is -1.22. The van der Waals surface area contributed by atoms with E-state index >= 15 is 0 Å². The highest BCUT2D eigenvalue weighted by Crippen LogP contribution is 2.23. The van der Waals surface area contributed by atoms with Gasteiger partial charge in [-0.15, -0.1) is 0 Å². The van der Waals surface area contributed by atoms with Crippen LogP contribution in [-0.2, 0) is 14.9 Å². The molecule has 0 amide bonds. The van der Waals surface area contributed by atoms with Crippen LogP contribution >= 0.6 is 0 Å². The van der Waals surface area contributed by atoms with Crippen molar-refractivity contribution >= 4 is 15.9 Å². The van der Waals surface area contributed by atoms with Crippen LogP contribution in [0.4, 0.5) is 5.69 Å². The van der Waals surface area contributed by atoms with Gasteiger partial charge in [-0.3, -0.25) is 4.98 Å². The van der Waals surface area contributed by atoms with E-state index in [2.05, 4.69) is 9.88 Å². The lowest BCUT2D eigenvalue weighted by molar-refractivity contribution is 0.116. The zero-order chi connectivity index (χ0) is 17.0. The molecule has 0 saturated carbocycles. The third kappa shape index (κ3) is 3.88. The van der Waals surface area contributed by atoms with Crippen molar-refractivity contribution < 1.29 is 13.2 Å². The zero-order valence-corrected chi connectivity index (χ0v) is 15.0. The van der Waals surface area contributed by atoms with Crippen molar-refractivity contribution in [2.75, 3.05) is 57.9 Å². The van der Waals surface area contributed by atoms with Crippen LogP contribution in [0.5, 0.6) is 0 Å². The number of hydrogen-bond donors (Lipinski definition) is 0. The Kier molecular flexibility index (Phi) is 5.70. The van der Waals surface area contributed by atoms with Crippen molar-refractivity contribution in [3.8, 4) is 0 Å². The summed E-state index contributed by atoms with van der Waals surface area (Å²) in [6, 6.07) is 3.92. The predicted molar refractivity (Wildman–Crippen MR) is 93.1 cm³/mol. The molecule has 0 N–H and O–H groups in total. The van der Waals surface area contributed by atoms with E-state index in [4.69, 9.17) is 4.74 Å². The second-order valence-electron chi connectivity index (χ2n) is 6.42. The molecule has 0 radical (unpaired) electrons. The minimum absolute atomic E-state index is 0.302. The molecule has 0 aliphatic carbocycles. The van der Waals surface area contributed by atoms with E-state index in [0.29, 0.717) is 51.8 Å². The number of hydrogen-bond acceptors (Lipinski definition) is 5. The van der Waals surface area contributed by atoms with Crippen LogP contribution in [0.25, 0.3) is 0 Å². The standard InChI is InChI=1S/C16H26N4O3S/c1-23-14-15-3-2-8-20(13-15)24(21,22)19-11-9-18(10-12-19)16-4-6-17-7-5-16/h4-7,15H,2-3,8-14H2,1H3. The first kappa shape index (κ1) is 17.6. The van der Waals surface area contributed by atoms with Crippen LogP contribution in [0.3, 0.4) is 0 Å². The average Bonchev–Trinajstić information content (AvgIpc) is 2.63. The molecule has 0 bridgehead atoms. The Labute approximate surface area is 144 Å². The molecule has 3 rings (SSSR count). The lowest BCUT2D eigenvalue weighted by Gasteiger charge is -2.39. The number of ether oxygens (including phenoxy) is 1. The van der Waals surface area contributed by atoms with Crippen molar-refractivity contribution in [3.05, 3.63) is 24.5 Å². The number of rotatable bonds is 5. The summed E-state index contributed by atoms with van der Waals surface area (Å²) in [6.07, 6.45) is 5.48. The zero-order valence-electron chi connectivity index (χ0n) is 14.2. The molecule has 0 spiro atoms. The van der Waals surface area contributed by atoms with E-state index in [1.54, 1.807) is 28.1 Å². The van der Waals surface area contributed by atoms with Gasteiger partial charge in [0.15, 0.2) is 0 Å². The van der Waals surface area contributed by atoms with Gasteiger partial charge >= 0.3 is 0 Å². The molecule has 24 heavy (non-hydrogen) atoms. The Morgan fingerprint density at radius 2 is 1.83 bits per heavy atom. The summed E-state index contributed by atoms with van der Waals surface area (Å²) in [5.41, 5.74) is 1.10. The molecular formula is C16H26N4O3S. The third-order valence-electron chi connectivity index (χ3n) is 4.80. The van der Waals surface area contributed by atoms with Gasteiger partial charge in [0.25, 0.3) is 10.2 Å². The molecule has 2 fully saturated rings. The fourth-order valence-corrected chi connectivity index (χ4v) is 5.21. The minimum Gasteiger partial charge on any atom is -0.384 e. The van der Waals surface area contributed by atoms with Crippen LogP contribution < -0.4 is 4.90 Å². The number of anilines is 1. The second-order valence-corrected chi connectivity index (χ2v) is 8.35. The summed E-state index contributed by atoms with van der Waals surface area (Å²) in [6.45, 7) is 4.28. The Morgan fingerprint density at radius 3 is 2.50 bits per heavy atom. The lowest BCUT2D eigenvalue weighted by Crippen LogP contribution is -2.55. The highest BCUT2D eigenvalue weighted by Gasteiger charge is 2.35. The van der Waals surface area contributed by atoms with E-state index in [9.17, 15) is 8.42 Å².